The molecule has 4 aromatic rings. The van der Waals surface area contributed by atoms with Gasteiger partial charge in [0.1, 0.15) is 6.61 Å². The highest BCUT2D eigenvalue weighted by Crippen LogP contribution is 2.39. The summed E-state index contributed by atoms with van der Waals surface area (Å²) in [5.41, 5.74) is 5.79. The third-order valence-electron chi connectivity index (χ3n) is 6.82. The molecule has 0 unspecified atom stereocenters. The van der Waals surface area contributed by atoms with Crippen LogP contribution in [0.15, 0.2) is 109 Å². The number of thioether (sulfide) groups is 1. The Morgan fingerprint density at radius 1 is 1.00 bits per heavy atom. The molecule has 5 rings (SSSR count). The maximum Gasteiger partial charge on any atom is 0.407 e. The normalized spacial score (nSPS) is 18.3. The molecule has 8 nitrogen and oxygen atoms in total. The lowest BCUT2D eigenvalue weighted by Gasteiger charge is -2.36. The SMILES string of the molecule is C=CCOC(=O)NCc1ccccc1-c1ccc([C@H]2O[C@@H](CSc3ncccn3)C[C@@H](c3ccc(CO)cc3)O2)cc1. The number of nitrogens with one attached hydrogen (secondary N) is 1. The molecule has 1 amide bonds. The van der Waals surface area contributed by atoms with Gasteiger partial charge in [-0.15, -0.1) is 0 Å². The molecule has 1 saturated heterocycles. The van der Waals surface area contributed by atoms with E-state index in [0.717, 1.165) is 33.4 Å². The summed E-state index contributed by atoms with van der Waals surface area (Å²) in [6.07, 6.45) is 4.37. The smallest absolute Gasteiger partial charge is 0.407 e. The fourth-order valence-corrected chi connectivity index (χ4v) is 5.50. The third kappa shape index (κ3) is 7.83. The van der Waals surface area contributed by atoms with Gasteiger partial charge in [-0.1, -0.05) is 97.2 Å². The molecule has 1 aromatic heterocycles. The predicted octanol–water partition coefficient (Wildman–Crippen LogP) is 6.39. The summed E-state index contributed by atoms with van der Waals surface area (Å²) < 4.78 is 18.0. The van der Waals surface area contributed by atoms with E-state index in [1.807, 2.05) is 72.8 Å². The van der Waals surface area contributed by atoms with Crippen molar-refractivity contribution in [3.05, 3.63) is 126 Å². The molecule has 3 atom stereocenters. The van der Waals surface area contributed by atoms with Crippen LogP contribution in [0.3, 0.4) is 0 Å². The van der Waals surface area contributed by atoms with Crippen molar-refractivity contribution in [2.75, 3.05) is 12.4 Å². The average molecular weight is 584 g/mol. The lowest BCUT2D eigenvalue weighted by molar-refractivity contribution is -0.245. The Hall–Kier alpha value is -4.02. The van der Waals surface area contributed by atoms with E-state index in [4.69, 9.17) is 14.2 Å². The first-order chi connectivity index (χ1) is 20.6. The van der Waals surface area contributed by atoms with Crippen molar-refractivity contribution in [3.63, 3.8) is 0 Å². The van der Waals surface area contributed by atoms with Crippen molar-refractivity contribution < 1.29 is 24.1 Å². The maximum absolute atomic E-state index is 11.9. The van der Waals surface area contributed by atoms with E-state index in [1.54, 1.807) is 30.2 Å². The van der Waals surface area contributed by atoms with Crippen LogP contribution in [0, 0.1) is 0 Å². The van der Waals surface area contributed by atoms with Gasteiger partial charge in [0, 0.05) is 36.7 Å². The fraction of sp³-hybridized carbons (Fsp3) is 0.242. The van der Waals surface area contributed by atoms with Crippen LogP contribution in [0.4, 0.5) is 4.79 Å². The minimum absolute atomic E-state index is 0.00117. The van der Waals surface area contributed by atoms with Crippen LogP contribution in [0.2, 0.25) is 0 Å². The Morgan fingerprint density at radius 2 is 1.74 bits per heavy atom. The lowest BCUT2D eigenvalue weighted by Crippen LogP contribution is -2.31. The van der Waals surface area contributed by atoms with Crippen molar-refractivity contribution in [2.24, 2.45) is 0 Å². The second kappa shape index (κ2) is 14.7. The van der Waals surface area contributed by atoms with Crippen LogP contribution in [0.25, 0.3) is 11.1 Å². The summed E-state index contributed by atoms with van der Waals surface area (Å²) in [7, 11) is 0. The number of carbonyl (C=O) groups excluding carboxylic acids is 1. The number of aliphatic hydroxyl groups is 1. The number of aliphatic hydroxyl groups excluding tert-OH is 1. The molecule has 2 heterocycles. The Morgan fingerprint density at radius 3 is 2.48 bits per heavy atom. The second-order valence-corrected chi connectivity index (χ2v) is 10.7. The van der Waals surface area contributed by atoms with Crippen molar-refractivity contribution in [2.45, 2.75) is 43.2 Å². The zero-order chi connectivity index (χ0) is 29.1. The Bertz CT molecular complexity index is 1450. The van der Waals surface area contributed by atoms with Gasteiger partial charge in [-0.3, -0.25) is 0 Å². The number of alkyl carbamates (subject to hydrolysis) is 1. The predicted molar refractivity (Wildman–Crippen MR) is 161 cm³/mol. The monoisotopic (exact) mass is 583 g/mol. The molecular weight excluding hydrogens is 550 g/mol. The van der Waals surface area contributed by atoms with Gasteiger partial charge >= 0.3 is 6.09 Å². The van der Waals surface area contributed by atoms with Gasteiger partial charge in [0.15, 0.2) is 11.4 Å². The molecule has 0 bridgehead atoms. The number of amides is 1. The molecule has 2 N–H and O–H groups in total. The first kappa shape index (κ1) is 29.5. The van der Waals surface area contributed by atoms with E-state index < -0.39 is 12.4 Å². The minimum Gasteiger partial charge on any atom is -0.445 e. The summed E-state index contributed by atoms with van der Waals surface area (Å²) in [5, 5.41) is 13.0. The number of hydrogen-bond donors (Lipinski definition) is 2. The Labute approximate surface area is 249 Å². The van der Waals surface area contributed by atoms with E-state index in [2.05, 4.69) is 21.9 Å². The zero-order valence-electron chi connectivity index (χ0n) is 23.1. The van der Waals surface area contributed by atoms with E-state index in [9.17, 15) is 9.90 Å². The van der Waals surface area contributed by atoms with E-state index in [-0.39, 0.29) is 25.4 Å². The van der Waals surface area contributed by atoms with Crippen LogP contribution >= 0.6 is 11.8 Å². The Balaban J connectivity index is 1.32. The molecule has 3 aromatic carbocycles. The van der Waals surface area contributed by atoms with Crippen LogP contribution in [-0.4, -0.2) is 39.6 Å². The summed E-state index contributed by atoms with van der Waals surface area (Å²) in [6, 6.07) is 25.7. The van der Waals surface area contributed by atoms with E-state index in [1.165, 1.54) is 6.08 Å². The first-order valence-electron chi connectivity index (χ1n) is 13.7. The molecule has 42 heavy (non-hydrogen) atoms. The standard InChI is InChI=1S/C33H33N3O5S/c1-2-18-39-33(38)36-20-27-6-3-4-7-29(27)24-12-14-26(15-13-24)31-40-28(22-42-32-34-16-5-17-35-32)19-30(41-31)25-10-8-23(21-37)9-11-25/h2-17,28,30-31,37H,1,18-22H2,(H,36,38)/t28-,30+,31+/m1/s1. The maximum atomic E-state index is 11.9. The number of ether oxygens (including phenoxy) is 3. The molecule has 9 heteroatoms. The lowest BCUT2D eigenvalue weighted by atomic mass is 9.98. The third-order valence-corrected chi connectivity index (χ3v) is 7.83. The number of hydrogen-bond acceptors (Lipinski definition) is 8. The highest BCUT2D eigenvalue weighted by atomic mass is 32.2. The fourth-order valence-electron chi connectivity index (χ4n) is 4.68. The summed E-state index contributed by atoms with van der Waals surface area (Å²) in [6.45, 7) is 4.06. The molecule has 1 aliphatic heterocycles. The van der Waals surface area contributed by atoms with Crippen LogP contribution in [-0.2, 0) is 27.4 Å². The van der Waals surface area contributed by atoms with Gasteiger partial charge < -0.3 is 24.6 Å². The number of aromatic nitrogens is 2. The van der Waals surface area contributed by atoms with Gasteiger partial charge in [-0.2, -0.15) is 0 Å². The number of rotatable bonds is 11. The molecule has 0 spiro atoms. The quantitative estimate of drug-likeness (QED) is 0.119. The topological polar surface area (TPSA) is 103 Å². The molecule has 216 valence electrons. The van der Waals surface area contributed by atoms with Crippen molar-refractivity contribution in [3.8, 4) is 11.1 Å². The van der Waals surface area contributed by atoms with Crippen molar-refractivity contribution >= 4 is 17.9 Å². The highest BCUT2D eigenvalue weighted by Gasteiger charge is 2.32. The minimum atomic E-state index is -0.561. The highest BCUT2D eigenvalue weighted by molar-refractivity contribution is 7.99. The van der Waals surface area contributed by atoms with Gasteiger partial charge in [0.05, 0.1) is 18.8 Å². The van der Waals surface area contributed by atoms with Gasteiger partial charge in [-0.05, 0) is 33.9 Å². The van der Waals surface area contributed by atoms with Gasteiger partial charge in [0.2, 0.25) is 0 Å². The molecule has 1 fully saturated rings. The average Bonchev–Trinajstić information content (AvgIpc) is 3.06. The molecule has 0 radical (unpaired) electrons. The Kier molecular flexibility index (Phi) is 10.3. The summed E-state index contributed by atoms with van der Waals surface area (Å²) >= 11 is 1.56. The first-order valence-corrected chi connectivity index (χ1v) is 14.7. The van der Waals surface area contributed by atoms with Crippen molar-refractivity contribution in [1.29, 1.82) is 0 Å². The second-order valence-electron chi connectivity index (χ2n) is 9.71. The number of benzene rings is 3. The van der Waals surface area contributed by atoms with E-state index in [0.29, 0.717) is 23.9 Å². The summed E-state index contributed by atoms with van der Waals surface area (Å²) in [5.74, 6) is 0.683. The molecule has 0 aliphatic carbocycles. The van der Waals surface area contributed by atoms with Crippen LogP contribution in [0.5, 0.6) is 0 Å². The molecule has 1 aliphatic rings. The van der Waals surface area contributed by atoms with Crippen LogP contribution in [0.1, 0.15) is 41.1 Å². The molecule has 0 saturated carbocycles. The van der Waals surface area contributed by atoms with Gasteiger partial charge in [-0.25, -0.2) is 14.8 Å². The number of nitrogens with zero attached hydrogens (tertiary/aromatic N) is 2. The zero-order valence-corrected chi connectivity index (χ0v) is 23.9. The van der Waals surface area contributed by atoms with Crippen molar-refractivity contribution in [1.82, 2.24) is 15.3 Å². The summed E-state index contributed by atoms with van der Waals surface area (Å²) in [4.78, 5) is 20.6. The number of carbonyl (C=O) groups is 1. The van der Waals surface area contributed by atoms with Gasteiger partial charge in [0.25, 0.3) is 0 Å². The van der Waals surface area contributed by atoms with Crippen LogP contribution < -0.4 is 5.32 Å². The van der Waals surface area contributed by atoms with E-state index >= 15 is 0 Å². The molecular formula is C33H33N3O5S. The largest absolute Gasteiger partial charge is 0.445 e.